The van der Waals surface area contributed by atoms with Crippen LogP contribution in [0, 0.1) is 0 Å². The summed E-state index contributed by atoms with van der Waals surface area (Å²) in [5.74, 6) is 0.757. The summed E-state index contributed by atoms with van der Waals surface area (Å²) in [6, 6.07) is 6.15. The maximum absolute atomic E-state index is 11.8. The Morgan fingerprint density at radius 3 is 2.86 bits per heavy atom. The minimum atomic E-state index is 0.0916. The lowest BCUT2D eigenvalue weighted by Crippen LogP contribution is -2.20. The zero-order valence-electron chi connectivity index (χ0n) is 11.8. The first kappa shape index (κ1) is 12.8. The lowest BCUT2D eigenvalue weighted by atomic mass is 10.0. The summed E-state index contributed by atoms with van der Waals surface area (Å²) in [6.07, 6.45) is 6.68. The van der Waals surface area contributed by atoms with Gasteiger partial charge in [0, 0.05) is 41.8 Å². The molecule has 1 saturated carbocycles. The third-order valence-corrected chi connectivity index (χ3v) is 4.83. The van der Waals surface area contributed by atoms with Gasteiger partial charge in [0.1, 0.15) is 0 Å². The molecule has 0 spiro atoms. The van der Waals surface area contributed by atoms with Crippen molar-refractivity contribution in [1.29, 1.82) is 0 Å². The largest absolute Gasteiger partial charge is 0.315 e. The lowest BCUT2D eigenvalue weighted by Gasteiger charge is -2.13. The Hall–Kier alpha value is -1.87. The van der Waals surface area contributed by atoms with Gasteiger partial charge in [0.2, 0.25) is 5.91 Å². The molecular weight excluding hydrogens is 284 g/mol. The van der Waals surface area contributed by atoms with Gasteiger partial charge in [-0.3, -0.25) is 9.78 Å². The number of likely N-dealkylation sites (N-methyl/N-ethyl adjacent to an activating group) is 1. The van der Waals surface area contributed by atoms with Gasteiger partial charge < -0.3 is 4.90 Å². The summed E-state index contributed by atoms with van der Waals surface area (Å²) in [7, 11) is 1.79. The Bertz CT molecular complexity index is 752. The highest BCUT2D eigenvalue weighted by Gasteiger charge is 2.28. The van der Waals surface area contributed by atoms with E-state index in [4.69, 9.17) is 11.6 Å². The highest BCUT2D eigenvalue weighted by molar-refractivity contribution is 6.35. The maximum atomic E-state index is 11.8. The number of hydrogen-bond donors (Lipinski definition) is 0. The molecule has 1 aromatic heterocycles. The molecule has 4 rings (SSSR count). The number of carbonyl (C=O) groups is 1. The van der Waals surface area contributed by atoms with Crippen LogP contribution in [-0.2, 0) is 11.2 Å². The second-order valence-corrected chi connectivity index (χ2v) is 6.21. The fourth-order valence-corrected chi connectivity index (χ4v) is 3.30. The monoisotopic (exact) mass is 298 g/mol. The fraction of sp³-hybridized carbons (Fsp3) is 0.294. The third-order valence-electron chi connectivity index (χ3n) is 4.40. The van der Waals surface area contributed by atoms with E-state index < -0.39 is 0 Å². The number of anilines is 1. The van der Waals surface area contributed by atoms with Crippen molar-refractivity contribution in [2.45, 2.75) is 25.2 Å². The number of benzene rings is 1. The summed E-state index contributed by atoms with van der Waals surface area (Å²) in [4.78, 5) is 17.9. The molecule has 1 fully saturated rings. The van der Waals surface area contributed by atoms with Crippen LogP contribution >= 0.6 is 11.6 Å². The van der Waals surface area contributed by atoms with Gasteiger partial charge in [0.25, 0.3) is 0 Å². The van der Waals surface area contributed by atoms with Crippen LogP contribution < -0.4 is 4.90 Å². The molecule has 0 unspecified atom stereocenters. The predicted molar refractivity (Wildman–Crippen MR) is 83.8 cm³/mol. The zero-order chi connectivity index (χ0) is 14.6. The number of fused-ring (bicyclic) bond motifs is 1. The second kappa shape index (κ2) is 4.57. The Morgan fingerprint density at radius 1 is 1.29 bits per heavy atom. The quantitative estimate of drug-likeness (QED) is 0.845. The molecule has 0 radical (unpaired) electrons. The molecule has 0 atom stereocenters. The van der Waals surface area contributed by atoms with Gasteiger partial charge in [-0.15, -0.1) is 0 Å². The Morgan fingerprint density at radius 2 is 2.10 bits per heavy atom. The molecule has 0 saturated heterocycles. The molecule has 106 valence electrons. The van der Waals surface area contributed by atoms with Crippen LogP contribution in [-0.4, -0.2) is 17.9 Å². The molecule has 2 aromatic rings. The number of hydrogen-bond acceptors (Lipinski definition) is 2. The average Bonchev–Trinajstić information content (AvgIpc) is 3.29. The van der Waals surface area contributed by atoms with Crippen LogP contribution in [0.5, 0.6) is 0 Å². The second-order valence-electron chi connectivity index (χ2n) is 5.84. The zero-order valence-corrected chi connectivity index (χ0v) is 12.5. The van der Waals surface area contributed by atoms with Crippen molar-refractivity contribution < 1.29 is 4.79 Å². The number of halogens is 1. The first-order chi connectivity index (χ1) is 10.1. The molecule has 0 bridgehead atoms. The van der Waals surface area contributed by atoms with E-state index in [0.29, 0.717) is 17.4 Å². The van der Waals surface area contributed by atoms with Gasteiger partial charge in [-0.1, -0.05) is 17.7 Å². The van der Waals surface area contributed by atoms with Crippen molar-refractivity contribution in [2.75, 3.05) is 11.9 Å². The van der Waals surface area contributed by atoms with Crippen LogP contribution in [0.25, 0.3) is 11.1 Å². The smallest absolute Gasteiger partial charge is 0.231 e. The minimum absolute atomic E-state index is 0.0916. The Labute approximate surface area is 128 Å². The molecule has 1 aromatic carbocycles. The van der Waals surface area contributed by atoms with E-state index in [2.05, 4.69) is 11.1 Å². The topological polar surface area (TPSA) is 33.2 Å². The summed E-state index contributed by atoms with van der Waals surface area (Å²) >= 11 is 6.56. The number of rotatable bonds is 2. The highest BCUT2D eigenvalue weighted by Crippen LogP contribution is 2.43. The van der Waals surface area contributed by atoms with E-state index in [9.17, 15) is 4.79 Å². The van der Waals surface area contributed by atoms with Gasteiger partial charge in [0.05, 0.1) is 11.4 Å². The average molecular weight is 299 g/mol. The van der Waals surface area contributed by atoms with E-state index in [-0.39, 0.29) is 5.91 Å². The van der Waals surface area contributed by atoms with Crippen molar-refractivity contribution in [3.63, 3.8) is 0 Å². The SMILES string of the molecule is CN1C(=O)Cc2c1ccc(-c1cncc(C3CC3)c1)c2Cl. The van der Waals surface area contributed by atoms with Crippen molar-refractivity contribution in [1.82, 2.24) is 4.98 Å². The van der Waals surface area contributed by atoms with Gasteiger partial charge >= 0.3 is 0 Å². The summed E-state index contributed by atoms with van der Waals surface area (Å²) < 4.78 is 0. The summed E-state index contributed by atoms with van der Waals surface area (Å²) in [6.45, 7) is 0. The van der Waals surface area contributed by atoms with Gasteiger partial charge in [-0.25, -0.2) is 0 Å². The standard InChI is InChI=1S/C17H15ClN2O/c1-20-15-5-4-13(17(18)14(15)7-16(20)21)12-6-11(8-19-9-12)10-2-3-10/h4-6,8-10H,2-3,7H2,1H3. The lowest BCUT2D eigenvalue weighted by molar-refractivity contribution is -0.117. The van der Waals surface area contributed by atoms with Crippen LogP contribution in [0.2, 0.25) is 5.02 Å². The number of pyridine rings is 1. The van der Waals surface area contributed by atoms with E-state index in [1.54, 1.807) is 11.9 Å². The predicted octanol–water partition coefficient (Wildman–Crippen LogP) is 3.80. The minimum Gasteiger partial charge on any atom is -0.315 e. The normalized spacial score (nSPS) is 17.2. The van der Waals surface area contributed by atoms with E-state index >= 15 is 0 Å². The van der Waals surface area contributed by atoms with Gasteiger partial charge in [0.15, 0.2) is 0 Å². The molecule has 1 aliphatic carbocycles. The van der Waals surface area contributed by atoms with Gasteiger partial charge in [-0.05, 0) is 36.5 Å². The molecule has 21 heavy (non-hydrogen) atoms. The van der Waals surface area contributed by atoms with E-state index in [0.717, 1.165) is 22.4 Å². The van der Waals surface area contributed by atoms with E-state index in [1.807, 2.05) is 24.5 Å². The number of aromatic nitrogens is 1. The van der Waals surface area contributed by atoms with Crippen molar-refractivity contribution in [3.8, 4) is 11.1 Å². The summed E-state index contributed by atoms with van der Waals surface area (Å²) in [5, 5.41) is 0.681. The van der Waals surface area contributed by atoms with Crippen LogP contribution in [0.15, 0.2) is 30.6 Å². The Balaban J connectivity index is 1.81. The maximum Gasteiger partial charge on any atom is 0.231 e. The molecule has 0 N–H and O–H groups in total. The fourth-order valence-electron chi connectivity index (χ4n) is 2.97. The molecule has 2 aliphatic rings. The molecule has 2 heterocycles. The first-order valence-corrected chi connectivity index (χ1v) is 7.56. The Kier molecular flexibility index (Phi) is 2.79. The van der Waals surface area contributed by atoms with Crippen molar-refractivity contribution in [2.24, 2.45) is 0 Å². The molecular formula is C17H15ClN2O. The summed E-state index contributed by atoms with van der Waals surface area (Å²) in [5.41, 5.74) is 5.14. The number of nitrogens with zero attached hydrogens (tertiary/aromatic N) is 2. The van der Waals surface area contributed by atoms with Crippen LogP contribution in [0.4, 0.5) is 5.69 Å². The number of carbonyl (C=O) groups excluding carboxylic acids is 1. The first-order valence-electron chi connectivity index (χ1n) is 7.18. The van der Waals surface area contributed by atoms with Crippen molar-refractivity contribution >= 4 is 23.2 Å². The molecule has 1 amide bonds. The van der Waals surface area contributed by atoms with E-state index in [1.165, 1.54) is 18.4 Å². The molecule has 1 aliphatic heterocycles. The third kappa shape index (κ3) is 2.04. The highest BCUT2D eigenvalue weighted by atomic mass is 35.5. The molecule has 3 nitrogen and oxygen atoms in total. The van der Waals surface area contributed by atoms with Crippen LogP contribution in [0.3, 0.4) is 0 Å². The number of amides is 1. The van der Waals surface area contributed by atoms with Crippen molar-refractivity contribution in [3.05, 3.63) is 46.7 Å². The molecule has 4 heteroatoms. The van der Waals surface area contributed by atoms with Crippen LogP contribution in [0.1, 0.15) is 29.9 Å². The van der Waals surface area contributed by atoms with Gasteiger partial charge in [-0.2, -0.15) is 0 Å².